The van der Waals surface area contributed by atoms with Crippen LogP contribution in [0.2, 0.25) is 0 Å². The molecular formula is C19H22N4O2. The third-order valence-electron chi connectivity index (χ3n) is 4.79. The lowest BCUT2D eigenvalue weighted by atomic mass is 10.0. The average Bonchev–Trinajstić information content (AvgIpc) is 3.35. The van der Waals surface area contributed by atoms with E-state index in [9.17, 15) is 4.79 Å². The van der Waals surface area contributed by atoms with Crippen molar-refractivity contribution in [2.75, 3.05) is 32.7 Å². The van der Waals surface area contributed by atoms with E-state index in [1.165, 1.54) is 0 Å². The Kier molecular flexibility index (Phi) is 4.52. The Morgan fingerprint density at radius 1 is 1.12 bits per heavy atom. The normalized spacial score (nSPS) is 21.0. The van der Waals surface area contributed by atoms with Crippen LogP contribution in [0.5, 0.6) is 0 Å². The topological polar surface area (TPSA) is 60.9 Å². The van der Waals surface area contributed by atoms with E-state index in [0.717, 1.165) is 50.4 Å². The molecule has 2 aliphatic heterocycles. The Morgan fingerprint density at radius 2 is 1.92 bits per heavy atom. The minimum absolute atomic E-state index is 0.0801. The molecule has 130 valence electrons. The Balaban J connectivity index is 1.25. The molecule has 1 saturated heterocycles. The van der Waals surface area contributed by atoms with Gasteiger partial charge in [-0.05, 0) is 17.7 Å². The maximum Gasteiger partial charge on any atom is 0.270 e. The quantitative estimate of drug-likeness (QED) is 0.927. The van der Waals surface area contributed by atoms with Crippen LogP contribution in [0.15, 0.2) is 53.8 Å². The number of amides is 1. The fourth-order valence-corrected chi connectivity index (χ4v) is 3.38. The number of hydrogen-bond donors (Lipinski definition) is 1. The Bertz CT molecular complexity index is 734. The van der Waals surface area contributed by atoms with E-state index < -0.39 is 0 Å². The van der Waals surface area contributed by atoms with Crippen molar-refractivity contribution in [1.82, 2.24) is 14.8 Å². The van der Waals surface area contributed by atoms with Crippen molar-refractivity contribution in [3.05, 3.63) is 59.9 Å². The summed E-state index contributed by atoms with van der Waals surface area (Å²) in [7, 11) is 0. The summed E-state index contributed by atoms with van der Waals surface area (Å²) in [5, 5.41) is 4.25. The molecule has 6 heteroatoms. The standard InChI is InChI=1S/C19H22N4O2/c24-19(17-7-4-8-20-17)23-11-9-22(10-12-23)14-16-13-18(21-25-16)15-5-2-1-3-6-15/h1-8,16,20H,9-14H2/t16-/m1/s1. The highest BCUT2D eigenvalue weighted by molar-refractivity contribution is 6.01. The van der Waals surface area contributed by atoms with Crippen molar-refractivity contribution in [3.8, 4) is 0 Å². The molecule has 0 bridgehead atoms. The van der Waals surface area contributed by atoms with Gasteiger partial charge in [-0.25, -0.2) is 0 Å². The van der Waals surface area contributed by atoms with Gasteiger partial charge in [0.1, 0.15) is 11.8 Å². The predicted molar refractivity (Wildman–Crippen MR) is 95.6 cm³/mol. The molecule has 1 aromatic heterocycles. The number of H-pyrrole nitrogens is 1. The average molecular weight is 338 g/mol. The number of oxime groups is 1. The summed E-state index contributed by atoms with van der Waals surface area (Å²) in [6.07, 6.45) is 2.72. The molecule has 0 aliphatic carbocycles. The van der Waals surface area contributed by atoms with Gasteiger partial charge in [0.25, 0.3) is 5.91 Å². The molecule has 1 fully saturated rings. The smallest absolute Gasteiger partial charge is 0.270 e. The van der Waals surface area contributed by atoms with E-state index in [-0.39, 0.29) is 12.0 Å². The third-order valence-corrected chi connectivity index (χ3v) is 4.79. The van der Waals surface area contributed by atoms with E-state index in [1.807, 2.05) is 35.2 Å². The number of aromatic nitrogens is 1. The molecule has 4 rings (SSSR count). The Morgan fingerprint density at radius 3 is 2.64 bits per heavy atom. The lowest BCUT2D eigenvalue weighted by Crippen LogP contribution is -2.50. The van der Waals surface area contributed by atoms with Crippen LogP contribution >= 0.6 is 0 Å². The molecule has 1 aromatic carbocycles. The first-order chi connectivity index (χ1) is 12.3. The van der Waals surface area contributed by atoms with Crippen LogP contribution in [0, 0.1) is 0 Å². The highest BCUT2D eigenvalue weighted by atomic mass is 16.6. The van der Waals surface area contributed by atoms with Crippen molar-refractivity contribution < 1.29 is 9.63 Å². The van der Waals surface area contributed by atoms with Crippen molar-refractivity contribution in [1.29, 1.82) is 0 Å². The minimum atomic E-state index is 0.0801. The number of nitrogens with one attached hydrogen (secondary N) is 1. The number of benzene rings is 1. The second-order valence-electron chi connectivity index (χ2n) is 6.51. The van der Waals surface area contributed by atoms with Crippen LogP contribution in [-0.2, 0) is 4.84 Å². The molecule has 3 heterocycles. The second-order valence-corrected chi connectivity index (χ2v) is 6.51. The van der Waals surface area contributed by atoms with Gasteiger partial charge in [0, 0.05) is 45.3 Å². The molecular weight excluding hydrogens is 316 g/mol. The monoisotopic (exact) mass is 338 g/mol. The van der Waals surface area contributed by atoms with Gasteiger partial charge in [0.15, 0.2) is 0 Å². The molecule has 1 N–H and O–H groups in total. The summed E-state index contributed by atoms with van der Waals surface area (Å²) in [4.78, 5) is 25.2. The van der Waals surface area contributed by atoms with Gasteiger partial charge in [-0.2, -0.15) is 0 Å². The van der Waals surface area contributed by atoms with E-state index in [1.54, 1.807) is 6.20 Å². The molecule has 0 radical (unpaired) electrons. The van der Waals surface area contributed by atoms with Crippen molar-refractivity contribution in [2.45, 2.75) is 12.5 Å². The summed E-state index contributed by atoms with van der Waals surface area (Å²) in [6, 6.07) is 13.8. The molecule has 1 amide bonds. The van der Waals surface area contributed by atoms with Crippen molar-refractivity contribution in [3.63, 3.8) is 0 Å². The van der Waals surface area contributed by atoms with E-state index >= 15 is 0 Å². The fraction of sp³-hybridized carbons (Fsp3) is 0.368. The summed E-state index contributed by atoms with van der Waals surface area (Å²) in [5.74, 6) is 0.0801. The molecule has 25 heavy (non-hydrogen) atoms. The lowest BCUT2D eigenvalue weighted by Gasteiger charge is -2.35. The van der Waals surface area contributed by atoms with Gasteiger partial charge in [0.05, 0.1) is 5.71 Å². The second kappa shape index (κ2) is 7.11. The Labute approximate surface area is 147 Å². The largest absolute Gasteiger partial charge is 0.390 e. The van der Waals surface area contributed by atoms with E-state index in [0.29, 0.717) is 5.69 Å². The highest BCUT2D eigenvalue weighted by Crippen LogP contribution is 2.18. The van der Waals surface area contributed by atoms with Crippen LogP contribution in [0.1, 0.15) is 22.5 Å². The van der Waals surface area contributed by atoms with Crippen LogP contribution in [0.3, 0.4) is 0 Å². The van der Waals surface area contributed by atoms with Crippen molar-refractivity contribution >= 4 is 11.6 Å². The minimum Gasteiger partial charge on any atom is -0.390 e. The SMILES string of the molecule is O=C(c1ccc[nH]1)N1CCN(C[C@H]2CC(c3ccccc3)=NO2)CC1. The van der Waals surface area contributed by atoms with Gasteiger partial charge in [-0.1, -0.05) is 35.5 Å². The van der Waals surface area contributed by atoms with Gasteiger partial charge in [0.2, 0.25) is 0 Å². The number of hydrogen-bond acceptors (Lipinski definition) is 4. The first-order valence-electron chi connectivity index (χ1n) is 8.73. The van der Waals surface area contributed by atoms with Gasteiger partial charge < -0.3 is 14.7 Å². The number of carbonyl (C=O) groups excluding carboxylic acids is 1. The van der Waals surface area contributed by atoms with Crippen LogP contribution in [0.25, 0.3) is 0 Å². The van der Waals surface area contributed by atoms with Crippen LogP contribution in [-0.4, -0.2) is 65.2 Å². The molecule has 2 aromatic rings. The molecule has 0 unspecified atom stereocenters. The molecule has 1 atom stereocenters. The van der Waals surface area contributed by atoms with Crippen LogP contribution < -0.4 is 0 Å². The zero-order chi connectivity index (χ0) is 17.1. The number of carbonyl (C=O) groups is 1. The number of rotatable bonds is 4. The van der Waals surface area contributed by atoms with E-state index in [2.05, 4.69) is 27.2 Å². The Hall–Kier alpha value is -2.60. The lowest BCUT2D eigenvalue weighted by molar-refractivity contribution is 0.0323. The number of aromatic amines is 1. The molecule has 0 saturated carbocycles. The zero-order valence-corrected chi connectivity index (χ0v) is 14.1. The predicted octanol–water partition coefficient (Wildman–Crippen LogP) is 1.97. The summed E-state index contributed by atoms with van der Waals surface area (Å²) >= 11 is 0. The van der Waals surface area contributed by atoms with Crippen LogP contribution in [0.4, 0.5) is 0 Å². The maximum atomic E-state index is 12.3. The number of piperazine rings is 1. The third kappa shape index (κ3) is 3.58. The summed E-state index contributed by atoms with van der Waals surface area (Å²) in [5.41, 5.74) is 2.81. The number of nitrogens with zero attached hydrogens (tertiary/aromatic N) is 3. The highest BCUT2D eigenvalue weighted by Gasteiger charge is 2.28. The summed E-state index contributed by atoms with van der Waals surface area (Å²) < 4.78 is 0. The first kappa shape index (κ1) is 15.9. The molecule has 0 spiro atoms. The van der Waals surface area contributed by atoms with Crippen molar-refractivity contribution in [2.24, 2.45) is 5.16 Å². The van der Waals surface area contributed by atoms with Gasteiger partial charge in [-0.15, -0.1) is 0 Å². The first-order valence-corrected chi connectivity index (χ1v) is 8.73. The van der Waals surface area contributed by atoms with Gasteiger partial charge >= 0.3 is 0 Å². The molecule has 6 nitrogen and oxygen atoms in total. The van der Waals surface area contributed by atoms with E-state index in [4.69, 9.17) is 4.84 Å². The van der Waals surface area contributed by atoms with Gasteiger partial charge in [-0.3, -0.25) is 9.69 Å². The fourth-order valence-electron chi connectivity index (χ4n) is 3.38. The molecule has 2 aliphatic rings. The maximum absolute atomic E-state index is 12.3. The zero-order valence-electron chi connectivity index (χ0n) is 14.1. The summed E-state index contributed by atoms with van der Waals surface area (Å²) in [6.45, 7) is 4.08.